The van der Waals surface area contributed by atoms with Gasteiger partial charge in [0.1, 0.15) is 17.6 Å². The first-order valence-corrected chi connectivity index (χ1v) is 12.8. The van der Waals surface area contributed by atoms with Crippen LogP contribution in [0.25, 0.3) is 0 Å². The number of sulfonamides is 1. The molecule has 3 amide bonds. The van der Waals surface area contributed by atoms with E-state index in [1.807, 2.05) is 20.8 Å². The van der Waals surface area contributed by atoms with Crippen molar-refractivity contribution < 1.29 is 22.8 Å². The molecule has 3 rings (SSSR count). The van der Waals surface area contributed by atoms with Gasteiger partial charge in [-0.3, -0.25) is 19.1 Å². The van der Waals surface area contributed by atoms with E-state index in [4.69, 9.17) is 11.8 Å². The average molecular weight is 489 g/mol. The molecule has 1 saturated heterocycles. The molecule has 2 aliphatic carbocycles. The van der Waals surface area contributed by atoms with Gasteiger partial charge in [0.05, 0.1) is 4.75 Å². The van der Waals surface area contributed by atoms with Crippen LogP contribution in [-0.2, 0) is 24.4 Å². The van der Waals surface area contributed by atoms with Gasteiger partial charge in [-0.2, -0.15) is 0 Å². The highest BCUT2D eigenvalue weighted by Gasteiger charge is 2.62. The average Bonchev–Trinajstić information content (AvgIpc) is 3.54. The number of likely N-dealkylation sites (tertiary alicyclic amines) is 1. The fourth-order valence-corrected chi connectivity index (χ4v) is 5.90. The Labute approximate surface area is 194 Å². The van der Waals surface area contributed by atoms with E-state index in [0.717, 1.165) is 0 Å². The van der Waals surface area contributed by atoms with Crippen molar-refractivity contribution in [2.45, 2.75) is 82.2 Å². The highest BCUT2D eigenvalue weighted by atomic mass is 35.5. The smallest absolute Gasteiger partial charge is 0.259 e. The zero-order chi connectivity index (χ0) is 24.1. The maximum Gasteiger partial charge on any atom is 0.259 e. The van der Waals surface area contributed by atoms with Crippen LogP contribution >= 0.6 is 11.8 Å². The second-order valence-corrected chi connectivity index (χ2v) is 12.9. The van der Waals surface area contributed by atoms with Crippen molar-refractivity contribution in [3.63, 3.8) is 0 Å². The van der Waals surface area contributed by atoms with Gasteiger partial charge in [0.2, 0.25) is 21.8 Å². The lowest BCUT2D eigenvalue weighted by Crippen LogP contribution is -2.59. The Balaban J connectivity index is 1.75. The molecule has 1 aliphatic heterocycles. The third kappa shape index (κ3) is 4.41. The highest BCUT2D eigenvalue weighted by Crippen LogP contribution is 2.47. The van der Waals surface area contributed by atoms with Crippen LogP contribution in [0.5, 0.6) is 0 Å². The molecule has 3 aliphatic rings. The van der Waals surface area contributed by atoms with Crippen LogP contribution in [0, 0.1) is 11.3 Å². The number of nitrogens with one attached hydrogen (secondary N) is 3. The van der Waals surface area contributed by atoms with Crippen LogP contribution in [0.15, 0.2) is 12.7 Å². The maximum absolute atomic E-state index is 13.2. The van der Waals surface area contributed by atoms with Gasteiger partial charge in [-0.05, 0) is 56.2 Å². The van der Waals surface area contributed by atoms with Crippen molar-refractivity contribution in [3.8, 4) is 0 Å². The van der Waals surface area contributed by atoms with E-state index in [0.29, 0.717) is 32.2 Å². The minimum atomic E-state index is -3.84. The summed E-state index contributed by atoms with van der Waals surface area (Å²) in [5.74, 6) is -1.91. The van der Waals surface area contributed by atoms with Crippen LogP contribution in [0.1, 0.15) is 59.8 Å². The molecule has 3 N–H and O–H groups in total. The maximum atomic E-state index is 13.2. The molecule has 0 radical (unpaired) electrons. The Bertz CT molecular complexity index is 927. The number of nitrogens with zero attached hydrogens (tertiary/aromatic N) is 1. The fraction of sp³-hybridized carbons (Fsp3) is 0.762. The molecule has 0 aromatic heterocycles. The monoisotopic (exact) mass is 488 g/mol. The molecule has 4 atom stereocenters. The van der Waals surface area contributed by atoms with E-state index in [9.17, 15) is 22.8 Å². The summed E-state index contributed by atoms with van der Waals surface area (Å²) >= 11 is 5.83. The fourth-order valence-electron chi connectivity index (χ4n) is 4.17. The van der Waals surface area contributed by atoms with Gasteiger partial charge in [-0.25, -0.2) is 13.3 Å². The summed E-state index contributed by atoms with van der Waals surface area (Å²) in [6.45, 7) is 11.3. The summed E-state index contributed by atoms with van der Waals surface area (Å²) in [6, 6.07) is -1.45. The van der Waals surface area contributed by atoms with Gasteiger partial charge < -0.3 is 10.2 Å². The molecule has 0 aromatic carbocycles. The largest absolute Gasteiger partial charge is 0.339 e. The topological polar surface area (TPSA) is 125 Å². The number of rotatable bonds is 8. The zero-order valence-electron chi connectivity index (χ0n) is 19.0. The predicted molar refractivity (Wildman–Crippen MR) is 121 cm³/mol. The lowest BCUT2D eigenvalue weighted by molar-refractivity contribution is -0.142. The first kappa shape index (κ1) is 25.0. The van der Waals surface area contributed by atoms with Gasteiger partial charge in [0.25, 0.3) is 5.91 Å². The highest BCUT2D eigenvalue weighted by molar-refractivity contribution is 7.91. The first-order valence-electron chi connectivity index (χ1n) is 10.9. The third-order valence-corrected chi connectivity index (χ3v) is 9.32. The second kappa shape index (κ2) is 8.29. The van der Waals surface area contributed by atoms with Crippen LogP contribution < -0.4 is 14.9 Å². The number of carbonyl (C=O) groups is 3. The van der Waals surface area contributed by atoms with Gasteiger partial charge in [0, 0.05) is 12.5 Å². The quantitative estimate of drug-likeness (QED) is 0.348. The van der Waals surface area contributed by atoms with Gasteiger partial charge >= 0.3 is 0 Å². The van der Waals surface area contributed by atoms with Gasteiger partial charge in [-0.1, -0.05) is 26.8 Å². The summed E-state index contributed by atoms with van der Waals surface area (Å²) in [6.07, 6.45) is 3.86. The Hall–Kier alpha value is -1.65. The Kier molecular flexibility index (Phi) is 6.47. The molecule has 9 nitrogen and oxygen atoms in total. The SMILES string of the molecule is C=C[C@@H]1C[C@]1(NC(=O)[C@@H]1CCCN1C(=O)[C@@H](NCl)C(C)(C)C)C(=O)NS(=O)(=O)C1(C)CC1. The minimum absolute atomic E-state index is 0.259. The summed E-state index contributed by atoms with van der Waals surface area (Å²) in [7, 11) is -3.84. The summed E-state index contributed by atoms with van der Waals surface area (Å²) in [4.78, 5) is 43.3. The van der Waals surface area contributed by atoms with Crippen molar-refractivity contribution in [3.05, 3.63) is 12.7 Å². The third-order valence-electron chi connectivity index (χ3n) is 6.94. The Morgan fingerprint density at radius 2 is 1.88 bits per heavy atom. The van der Waals surface area contributed by atoms with Crippen LogP contribution in [0.4, 0.5) is 0 Å². The molecule has 3 fully saturated rings. The molecule has 1 heterocycles. The normalized spacial score (nSPS) is 29.7. The van der Waals surface area contributed by atoms with Crippen LogP contribution in [0.3, 0.4) is 0 Å². The predicted octanol–water partition coefficient (Wildman–Crippen LogP) is 1.19. The molecule has 0 aromatic rings. The molecular formula is C21H33ClN4O5S. The van der Waals surface area contributed by atoms with Crippen molar-refractivity contribution in [1.82, 2.24) is 19.8 Å². The molecule has 2 saturated carbocycles. The lowest BCUT2D eigenvalue weighted by atomic mass is 9.86. The number of halogens is 1. The Morgan fingerprint density at radius 1 is 1.25 bits per heavy atom. The van der Waals surface area contributed by atoms with E-state index in [1.54, 1.807) is 6.92 Å². The summed E-state index contributed by atoms with van der Waals surface area (Å²) in [5.41, 5.74) is -1.84. The van der Waals surface area contributed by atoms with Crippen molar-refractivity contribution in [2.75, 3.05) is 6.54 Å². The molecule has 11 heteroatoms. The number of hydrogen-bond acceptors (Lipinski definition) is 6. The van der Waals surface area contributed by atoms with E-state index in [-0.39, 0.29) is 18.2 Å². The standard InChI is InChI=1S/C21H33ClN4O5S/c1-6-13-12-21(13,18(29)25-32(30,31)20(5)9-10-20)23-16(27)14-8-7-11-26(14)17(28)15(24-22)19(2,3)4/h6,13-15,24H,1,7-12H2,2-5H3,(H,23,27)(H,25,29)/t13-,14+,15-,21-/m1/s1. The number of carbonyl (C=O) groups excluding carboxylic acids is 3. The zero-order valence-corrected chi connectivity index (χ0v) is 20.6. The molecule has 0 bridgehead atoms. The molecule has 32 heavy (non-hydrogen) atoms. The van der Waals surface area contributed by atoms with E-state index < -0.39 is 49.6 Å². The summed E-state index contributed by atoms with van der Waals surface area (Å²) < 4.78 is 26.3. The van der Waals surface area contributed by atoms with Crippen molar-refractivity contribution in [1.29, 1.82) is 0 Å². The lowest BCUT2D eigenvalue weighted by Gasteiger charge is -2.34. The molecular weight excluding hydrogens is 456 g/mol. The van der Waals surface area contributed by atoms with Gasteiger partial charge in [-0.15, -0.1) is 6.58 Å². The second-order valence-electron chi connectivity index (χ2n) is 10.5. The van der Waals surface area contributed by atoms with Crippen molar-refractivity contribution in [2.24, 2.45) is 11.3 Å². The molecule has 0 spiro atoms. The number of hydrogen-bond donors (Lipinski definition) is 3. The van der Waals surface area contributed by atoms with Crippen LogP contribution in [0.2, 0.25) is 0 Å². The first-order chi connectivity index (χ1) is 14.7. The van der Waals surface area contributed by atoms with Crippen LogP contribution in [-0.4, -0.2) is 60.0 Å². The number of amides is 3. The minimum Gasteiger partial charge on any atom is -0.339 e. The summed E-state index contributed by atoms with van der Waals surface area (Å²) in [5, 5.41) is 2.75. The van der Waals surface area contributed by atoms with Crippen molar-refractivity contribution >= 4 is 39.5 Å². The Morgan fingerprint density at radius 3 is 2.34 bits per heavy atom. The van der Waals surface area contributed by atoms with E-state index >= 15 is 0 Å². The van der Waals surface area contributed by atoms with Gasteiger partial charge in [0.15, 0.2) is 0 Å². The van der Waals surface area contributed by atoms with E-state index in [1.165, 1.54) is 11.0 Å². The van der Waals surface area contributed by atoms with E-state index in [2.05, 4.69) is 21.5 Å². The molecule has 180 valence electrons. The molecule has 0 unspecified atom stereocenters.